The minimum atomic E-state index is -1.08. The van der Waals surface area contributed by atoms with Crippen molar-refractivity contribution in [3.63, 3.8) is 0 Å². The molecule has 0 amide bonds. The van der Waals surface area contributed by atoms with Gasteiger partial charge in [0.25, 0.3) is 0 Å². The highest BCUT2D eigenvalue weighted by Crippen LogP contribution is 2.27. The summed E-state index contributed by atoms with van der Waals surface area (Å²) in [5.74, 6) is -0.0995. The topological polar surface area (TPSA) is 55.4 Å². The molecule has 104 valence electrons. The summed E-state index contributed by atoms with van der Waals surface area (Å²) in [5.41, 5.74) is 0.932. The van der Waals surface area contributed by atoms with Crippen LogP contribution >= 0.6 is 11.6 Å². The van der Waals surface area contributed by atoms with Crippen molar-refractivity contribution in [3.05, 3.63) is 34.9 Å². The number of hydrogen-bond donors (Lipinski definition) is 1. The lowest BCUT2D eigenvalue weighted by Gasteiger charge is -2.34. The first-order chi connectivity index (χ1) is 9.02. The zero-order chi connectivity index (χ0) is 14.0. The Labute approximate surface area is 119 Å². The second-order valence-electron chi connectivity index (χ2n) is 4.53. The average Bonchev–Trinajstić information content (AvgIpc) is 2.40. The predicted molar refractivity (Wildman–Crippen MR) is 75.6 cm³/mol. The molecule has 1 aromatic rings. The van der Waals surface area contributed by atoms with Gasteiger partial charge in [0.1, 0.15) is 6.04 Å². The third-order valence-electron chi connectivity index (χ3n) is 3.29. The summed E-state index contributed by atoms with van der Waals surface area (Å²) in [4.78, 5) is 11.6. The van der Waals surface area contributed by atoms with E-state index in [9.17, 15) is 9.00 Å². The Morgan fingerprint density at radius 1 is 1.53 bits per heavy atom. The SMILES string of the molecule is COC(=O)C1CS(=O)C(C)C(c2cccc(Cl)c2)N1. The van der Waals surface area contributed by atoms with Gasteiger partial charge in [0, 0.05) is 21.9 Å². The first-order valence-corrected chi connectivity index (χ1v) is 7.75. The van der Waals surface area contributed by atoms with Crippen LogP contribution in [0.1, 0.15) is 18.5 Å². The van der Waals surface area contributed by atoms with E-state index < -0.39 is 16.8 Å². The molecule has 1 aliphatic rings. The first-order valence-electron chi connectivity index (χ1n) is 5.99. The summed E-state index contributed by atoms with van der Waals surface area (Å²) in [6, 6.07) is 6.66. The summed E-state index contributed by atoms with van der Waals surface area (Å²) >= 11 is 5.98. The summed E-state index contributed by atoms with van der Waals surface area (Å²) in [7, 11) is 0.252. The van der Waals surface area contributed by atoms with Crippen LogP contribution in [-0.2, 0) is 20.3 Å². The molecule has 0 aliphatic carbocycles. The van der Waals surface area contributed by atoms with E-state index in [1.54, 1.807) is 6.07 Å². The van der Waals surface area contributed by atoms with E-state index in [1.807, 2.05) is 25.1 Å². The molecule has 0 bridgehead atoms. The minimum absolute atomic E-state index is 0.0839. The second kappa shape index (κ2) is 6.03. The number of hydrogen-bond acceptors (Lipinski definition) is 4. The maximum atomic E-state index is 12.1. The third kappa shape index (κ3) is 3.16. The van der Waals surface area contributed by atoms with Crippen molar-refractivity contribution < 1.29 is 13.7 Å². The molecule has 1 aromatic carbocycles. The van der Waals surface area contributed by atoms with E-state index in [4.69, 9.17) is 16.3 Å². The van der Waals surface area contributed by atoms with E-state index in [0.29, 0.717) is 5.02 Å². The largest absolute Gasteiger partial charge is 0.468 e. The van der Waals surface area contributed by atoms with Gasteiger partial charge in [-0.2, -0.15) is 0 Å². The Morgan fingerprint density at radius 2 is 2.26 bits per heavy atom. The van der Waals surface area contributed by atoms with Gasteiger partial charge < -0.3 is 4.74 Å². The molecule has 1 heterocycles. The highest BCUT2D eigenvalue weighted by molar-refractivity contribution is 7.85. The van der Waals surface area contributed by atoms with Crippen molar-refractivity contribution in [1.82, 2.24) is 5.32 Å². The van der Waals surface area contributed by atoms with Crippen molar-refractivity contribution in [3.8, 4) is 0 Å². The predicted octanol–water partition coefficient (Wildman–Crippen LogP) is 1.66. The molecule has 1 aliphatic heterocycles. The van der Waals surface area contributed by atoms with E-state index in [-0.39, 0.29) is 23.0 Å². The molecular formula is C13H16ClNO3S. The molecule has 6 heteroatoms. The smallest absolute Gasteiger partial charge is 0.323 e. The number of nitrogens with one attached hydrogen (secondary N) is 1. The first kappa shape index (κ1) is 14.5. The fourth-order valence-corrected chi connectivity index (χ4v) is 3.82. The molecule has 0 spiro atoms. The van der Waals surface area contributed by atoms with Gasteiger partial charge in [-0.15, -0.1) is 0 Å². The molecule has 2 rings (SSSR count). The van der Waals surface area contributed by atoms with Crippen LogP contribution in [0.4, 0.5) is 0 Å². The maximum absolute atomic E-state index is 12.1. The van der Waals surface area contributed by atoms with E-state index >= 15 is 0 Å². The van der Waals surface area contributed by atoms with Crippen LogP contribution in [0.5, 0.6) is 0 Å². The Balaban J connectivity index is 2.27. The lowest BCUT2D eigenvalue weighted by molar-refractivity contribution is -0.142. The molecule has 0 aromatic heterocycles. The van der Waals surface area contributed by atoms with Crippen LogP contribution < -0.4 is 5.32 Å². The van der Waals surface area contributed by atoms with Crippen molar-refractivity contribution in [1.29, 1.82) is 0 Å². The number of carbonyl (C=O) groups is 1. The van der Waals surface area contributed by atoms with Gasteiger partial charge in [-0.1, -0.05) is 23.7 Å². The molecule has 4 nitrogen and oxygen atoms in total. The monoisotopic (exact) mass is 301 g/mol. The van der Waals surface area contributed by atoms with E-state index in [1.165, 1.54) is 7.11 Å². The van der Waals surface area contributed by atoms with Crippen molar-refractivity contribution in [2.24, 2.45) is 0 Å². The average molecular weight is 302 g/mol. The summed E-state index contributed by atoms with van der Waals surface area (Å²) in [6.45, 7) is 1.90. The van der Waals surface area contributed by atoms with Gasteiger partial charge >= 0.3 is 5.97 Å². The van der Waals surface area contributed by atoms with Gasteiger partial charge in [0.2, 0.25) is 0 Å². The molecule has 4 unspecified atom stereocenters. The molecule has 4 atom stereocenters. The minimum Gasteiger partial charge on any atom is -0.468 e. The van der Waals surface area contributed by atoms with Crippen LogP contribution in [0.25, 0.3) is 0 Å². The molecule has 1 fully saturated rings. The molecule has 19 heavy (non-hydrogen) atoms. The number of methoxy groups -OCH3 is 1. The number of ether oxygens (including phenoxy) is 1. The number of esters is 1. The lowest BCUT2D eigenvalue weighted by Crippen LogP contribution is -2.53. The van der Waals surface area contributed by atoms with Gasteiger partial charge in [-0.25, -0.2) is 0 Å². The van der Waals surface area contributed by atoms with Crippen LogP contribution in [0.3, 0.4) is 0 Å². The highest BCUT2D eigenvalue weighted by Gasteiger charge is 2.37. The van der Waals surface area contributed by atoms with Crippen molar-refractivity contribution >= 4 is 28.4 Å². The van der Waals surface area contributed by atoms with Crippen LogP contribution in [0.15, 0.2) is 24.3 Å². The van der Waals surface area contributed by atoms with Crippen LogP contribution in [-0.4, -0.2) is 34.3 Å². The lowest BCUT2D eigenvalue weighted by atomic mass is 10.0. The molecular weight excluding hydrogens is 286 g/mol. The molecule has 0 radical (unpaired) electrons. The summed E-state index contributed by atoms with van der Waals surface area (Å²) in [5, 5.41) is 3.74. The Bertz CT molecular complexity index is 508. The van der Waals surface area contributed by atoms with Gasteiger partial charge in [-0.05, 0) is 24.6 Å². The third-order valence-corrected chi connectivity index (χ3v) is 5.29. The number of carbonyl (C=O) groups excluding carboxylic acids is 1. The molecule has 1 N–H and O–H groups in total. The van der Waals surface area contributed by atoms with Gasteiger partial charge in [0.15, 0.2) is 0 Å². The summed E-state index contributed by atoms with van der Waals surface area (Å²) < 4.78 is 16.8. The van der Waals surface area contributed by atoms with Gasteiger partial charge in [0.05, 0.1) is 18.1 Å². The van der Waals surface area contributed by atoms with Gasteiger partial charge in [-0.3, -0.25) is 14.3 Å². The van der Waals surface area contributed by atoms with Crippen molar-refractivity contribution in [2.45, 2.75) is 24.3 Å². The van der Waals surface area contributed by atoms with E-state index in [0.717, 1.165) is 5.56 Å². The van der Waals surface area contributed by atoms with E-state index in [2.05, 4.69) is 5.32 Å². The zero-order valence-corrected chi connectivity index (χ0v) is 12.3. The normalized spacial score (nSPS) is 30.9. The standard InChI is InChI=1S/C13H16ClNO3S/c1-8-12(9-4-3-5-10(14)6-9)15-11(7-19(8)17)13(16)18-2/h3-6,8,11-12,15H,7H2,1-2H3. The second-order valence-corrected chi connectivity index (χ2v) is 6.80. The zero-order valence-electron chi connectivity index (χ0n) is 10.8. The maximum Gasteiger partial charge on any atom is 0.323 e. The van der Waals surface area contributed by atoms with Crippen LogP contribution in [0, 0.1) is 0 Å². The quantitative estimate of drug-likeness (QED) is 0.844. The fraction of sp³-hybridized carbons (Fsp3) is 0.462. The Morgan fingerprint density at radius 3 is 2.89 bits per heavy atom. The molecule has 0 saturated carbocycles. The number of benzene rings is 1. The fourth-order valence-electron chi connectivity index (χ4n) is 2.21. The Hall–Kier alpha value is -0.910. The number of halogens is 1. The molecule has 1 saturated heterocycles. The Kier molecular flexibility index (Phi) is 4.60. The highest BCUT2D eigenvalue weighted by atomic mass is 35.5. The number of rotatable bonds is 2. The van der Waals surface area contributed by atoms with Crippen molar-refractivity contribution in [2.75, 3.05) is 12.9 Å². The van der Waals surface area contributed by atoms with Crippen LogP contribution in [0.2, 0.25) is 5.02 Å². The summed E-state index contributed by atoms with van der Waals surface area (Å²) in [6.07, 6.45) is 0.